The van der Waals surface area contributed by atoms with Crippen molar-refractivity contribution >= 4 is 10.9 Å². The van der Waals surface area contributed by atoms with Gasteiger partial charge in [-0.15, -0.1) is 0 Å². The van der Waals surface area contributed by atoms with Crippen molar-refractivity contribution in [3.63, 3.8) is 0 Å². The van der Waals surface area contributed by atoms with Crippen molar-refractivity contribution in [2.75, 3.05) is 0 Å². The Hall–Kier alpha value is -3.28. The lowest BCUT2D eigenvalue weighted by Crippen LogP contribution is -2.24. The Morgan fingerprint density at radius 2 is 1.75 bits per heavy atom. The normalized spacial score (nSPS) is 11.0. The van der Waals surface area contributed by atoms with Gasteiger partial charge in [-0.2, -0.15) is 4.98 Å². The van der Waals surface area contributed by atoms with Gasteiger partial charge in [0.1, 0.15) is 5.82 Å². The minimum absolute atomic E-state index is 0.107. The lowest BCUT2D eigenvalue weighted by Gasteiger charge is -2.08. The summed E-state index contributed by atoms with van der Waals surface area (Å²) in [5.41, 5.74) is 1.43. The average Bonchev–Trinajstić information content (AvgIpc) is 3.08. The van der Waals surface area contributed by atoms with E-state index in [2.05, 4.69) is 15.1 Å². The van der Waals surface area contributed by atoms with Gasteiger partial charge in [-0.3, -0.25) is 9.36 Å². The van der Waals surface area contributed by atoms with Crippen molar-refractivity contribution in [2.24, 2.45) is 0 Å². The van der Waals surface area contributed by atoms with E-state index >= 15 is 0 Å². The van der Waals surface area contributed by atoms with Crippen molar-refractivity contribution < 1.29 is 4.52 Å². The molecule has 4 aromatic rings. The summed E-state index contributed by atoms with van der Waals surface area (Å²) >= 11 is 0. The molecule has 0 aliphatic rings. The molecule has 0 amide bonds. The molecular formula is C18H14N4O2. The third kappa shape index (κ3) is 2.48. The molecule has 0 saturated heterocycles. The highest BCUT2D eigenvalue weighted by Gasteiger charge is 2.13. The molecule has 0 radical (unpaired) electrons. The maximum Gasteiger partial charge on any atom is 0.261 e. The van der Waals surface area contributed by atoms with E-state index in [1.807, 2.05) is 48.5 Å². The molecule has 4 rings (SSSR count). The fourth-order valence-electron chi connectivity index (χ4n) is 2.62. The minimum Gasteiger partial charge on any atom is -0.334 e. The zero-order valence-corrected chi connectivity index (χ0v) is 13.0. The minimum atomic E-state index is -0.107. The van der Waals surface area contributed by atoms with Crippen LogP contribution in [0.2, 0.25) is 0 Å². The van der Waals surface area contributed by atoms with Crippen LogP contribution in [0.5, 0.6) is 0 Å². The average molecular weight is 318 g/mol. The highest BCUT2D eigenvalue weighted by molar-refractivity contribution is 5.77. The summed E-state index contributed by atoms with van der Waals surface area (Å²) in [6.45, 7) is 2.02. The number of para-hydroxylation sites is 1. The number of rotatable bonds is 3. The van der Waals surface area contributed by atoms with Gasteiger partial charge < -0.3 is 4.52 Å². The SMILES string of the molecule is Cc1nc2ccccc2c(=O)n1Cc1noc(-c2ccccc2)n1. The smallest absolute Gasteiger partial charge is 0.261 e. The van der Waals surface area contributed by atoms with Gasteiger partial charge in [-0.25, -0.2) is 4.98 Å². The number of benzene rings is 2. The Bertz CT molecular complexity index is 1070. The van der Waals surface area contributed by atoms with Crippen LogP contribution in [0.4, 0.5) is 0 Å². The molecule has 118 valence electrons. The van der Waals surface area contributed by atoms with E-state index < -0.39 is 0 Å². The molecule has 0 unspecified atom stereocenters. The Balaban J connectivity index is 1.73. The first kappa shape index (κ1) is 14.3. The molecule has 6 nitrogen and oxygen atoms in total. The third-order valence-electron chi connectivity index (χ3n) is 3.84. The predicted octanol–water partition coefficient (Wildman–Crippen LogP) is 2.80. The van der Waals surface area contributed by atoms with Crippen molar-refractivity contribution in [2.45, 2.75) is 13.5 Å². The molecule has 0 saturated carbocycles. The molecule has 0 atom stereocenters. The van der Waals surface area contributed by atoms with E-state index in [4.69, 9.17) is 4.52 Å². The molecule has 0 aliphatic carbocycles. The number of aryl methyl sites for hydroxylation is 1. The molecule has 0 fully saturated rings. The molecule has 0 N–H and O–H groups in total. The molecule has 0 bridgehead atoms. The Kier molecular flexibility index (Phi) is 3.42. The van der Waals surface area contributed by atoms with Gasteiger partial charge in [-0.1, -0.05) is 35.5 Å². The zero-order valence-electron chi connectivity index (χ0n) is 13.0. The van der Waals surface area contributed by atoms with E-state index in [0.29, 0.717) is 28.4 Å². The number of aromatic nitrogens is 4. The molecule has 6 heteroatoms. The Morgan fingerprint density at radius 1 is 1.00 bits per heavy atom. The van der Waals surface area contributed by atoms with E-state index in [9.17, 15) is 4.79 Å². The van der Waals surface area contributed by atoms with E-state index in [1.165, 1.54) is 0 Å². The maximum absolute atomic E-state index is 12.7. The van der Waals surface area contributed by atoms with Crippen LogP contribution in [0.1, 0.15) is 11.6 Å². The number of hydrogen-bond donors (Lipinski definition) is 0. The summed E-state index contributed by atoms with van der Waals surface area (Å²) in [6.07, 6.45) is 0. The van der Waals surface area contributed by atoms with Crippen LogP contribution in [0.3, 0.4) is 0 Å². The largest absolute Gasteiger partial charge is 0.334 e. The van der Waals surface area contributed by atoms with E-state index in [-0.39, 0.29) is 12.1 Å². The first-order valence-electron chi connectivity index (χ1n) is 7.56. The fourth-order valence-corrected chi connectivity index (χ4v) is 2.62. The Labute approximate surface area is 137 Å². The lowest BCUT2D eigenvalue weighted by atomic mass is 10.2. The Morgan fingerprint density at radius 3 is 2.58 bits per heavy atom. The summed E-state index contributed by atoms with van der Waals surface area (Å²) in [4.78, 5) is 21.5. The van der Waals surface area contributed by atoms with Crippen LogP contribution >= 0.6 is 0 Å². The number of nitrogens with zero attached hydrogens (tertiary/aromatic N) is 4. The summed E-state index contributed by atoms with van der Waals surface area (Å²) in [5.74, 6) is 1.49. The quantitative estimate of drug-likeness (QED) is 0.581. The topological polar surface area (TPSA) is 73.8 Å². The molecule has 2 heterocycles. The zero-order chi connectivity index (χ0) is 16.5. The first-order valence-corrected chi connectivity index (χ1v) is 7.56. The molecule has 0 aliphatic heterocycles. The maximum atomic E-state index is 12.7. The van der Waals surface area contributed by atoms with E-state index in [1.54, 1.807) is 17.6 Å². The van der Waals surface area contributed by atoms with Crippen molar-refractivity contribution in [3.05, 3.63) is 76.6 Å². The third-order valence-corrected chi connectivity index (χ3v) is 3.84. The van der Waals surface area contributed by atoms with Crippen LogP contribution in [0.15, 0.2) is 63.9 Å². The van der Waals surface area contributed by atoms with Crippen molar-refractivity contribution in [1.82, 2.24) is 19.7 Å². The van der Waals surface area contributed by atoms with Gasteiger partial charge in [0.15, 0.2) is 5.82 Å². The van der Waals surface area contributed by atoms with Gasteiger partial charge in [0.2, 0.25) is 0 Å². The van der Waals surface area contributed by atoms with Gasteiger partial charge in [0.25, 0.3) is 11.4 Å². The predicted molar refractivity (Wildman–Crippen MR) is 89.6 cm³/mol. The van der Waals surface area contributed by atoms with Crippen molar-refractivity contribution in [1.29, 1.82) is 0 Å². The van der Waals surface area contributed by atoms with Crippen LogP contribution in [-0.2, 0) is 6.54 Å². The molecule has 2 aromatic heterocycles. The highest BCUT2D eigenvalue weighted by Crippen LogP contribution is 2.16. The van der Waals surface area contributed by atoms with E-state index in [0.717, 1.165) is 5.56 Å². The number of hydrogen-bond acceptors (Lipinski definition) is 5. The second-order valence-corrected chi connectivity index (χ2v) is 5.45. The fraction of sp³-hybridized carbons (Fsp3) is 0.111. The summed E-state index contributed by atoms with van der Waals surface area (Å²) in [7, 11) is 0. The summed E-state index contributed by atoms with van der Waals surface area (Å²) in [6, 6.07) is 16.8. The van der Waals surface area contributed by atoms with Crippen molar-refractivity contribution in [3.8, 4) is 11.5 Å². The van der Waals surface area contributed by atoms with Gasteiger partial charge in [-0.05, 0) is 31.2 Å². The standard InChI is InChI=1S/C18H14N4O2/c1-12-19-15-10-6-5-9-14(15)18(23)22(12)11-16-20-17(24-21-16)13-7-3-2-4-8-13/h2-10H,11H2,1H3. The number of fused-ring (bicyclic) bond motifs is 1. The van der Waals surface area contributed by atoms with Gasteiger partial charge in [0, 0.05) is 5.56 Å². The van der Waals surface area contributed by atoms with Crippen LogP contribution in [0.25, 0.3) is 22.4 Å². The second-order valence-electron chi connectivity index (χ2n) is 5.45. The van der Waals surface area contributed by atoms with Gasteiger partial charge >= 0.3 is 0 Å². The van der Waals surface area contributed by atoms with Crippen LogP contribution in [0, 0.1) is 6.92 Å². The molecule has 0 spiro atoms. The summed E-state index contributed by atoms with van der Waals surface area (Å²) in [5, 5.41) is 4.56. The summed E-state index contributed by atoms with van der Waals surface area (Å²) < 4.78 is 6.85. The van der Waals surface area contributed by atoms with Crippen LogP contribution in [-0.4, -0.2) is 19.7 Å². The monoisotopic (exact) mass is 318 g/mol. The molecule has 24 heavy (non-hydrogen) atoms. The second kappa shape index (κ2) is 5.73. The lowest BCUT2D eigenvalue weighted by molar-refractivity contribution is 0.419. The first-order chi connectivity index (χ1) is 11.7. The molecule has 2 aromatic carbocycles. The highest BCUT2D eigenvalue weighted by atomic mass is 16.5. The van der Waals surface area contributed by atoms with Crippen LogP contribution < -0.4 is 5.56 Å². The van der Waals surface area contributed by atoms with Gasteiger partial charge in [0.05, 0.1) is 17.4 Å². The molecular weight excluding hydrogens is 304 g/mol.